The molecule has 2 aliphatic heterocycles. The number of piperidine rings is 2. The molecule has 2 rings (SSSR count). The van der Waals surface area contributed by atoms with Crippen LogP contribution in [0.4, 0.5) is 0 Å². The predicted molar refractivity (Wildman–Crippen MR) is 46.6 cm³/mol. The van der Waals surface area contributed by atoms with Crippen molar-refractivity contribution in [2.24, 2.45) is 5.92 Å². The van der Waals surface area contributed by atoms with Gasteiger partial charge in [0.1, 0.15) is 0 Å². The second-order valence-electron chi connectivity index (χ2n) is 3.94. The van der Waals surface area contributed by atoms with Crippen molar-refractivity contribution in [3.8, 4) is 0 Å². The lowest BCUT2D eigenvalue weighted by Crippen LogP contribution is -2.51. The maximum absolute atomic E-state index is 3.48. The average Bonchev–Trinajstić information content (AvgIpc) is 2.06. The number of hydrogen-bond acceptors (Lipinski definition) is 2. The summed E-state index contributed by atoms with van der Waals surface area (Å²) >= 11 is 0. The molecule has 2 atom stereocenters. The van der Waals surface area contributed by atoms with Gasteiger partial charge in [0.2, 0.25) is 0 Å². The minimum atomic E-state index is 0.894. The summed E-state index contributed by atoms with van der Waals surface area (Å²) < 4.78 is 0. The SMILES string of the molecule is CN1CCC[C@H]2CNCC[C@@H]21. The normalized spacial score (nSPS) is 40.1. The molecule has 0 aliphatic carbocycles. The molecule has 0 radical (unpaired) electrons. The van der Waals surface area contributed by atoms with E-state index >= 15 is 0 Å². The molecule has 11 heavy (non-hydrogen) atoms. The molecule has 2 aliphatic rings. The van der Waals surface area contributed by atoms with E-state index in [1.54, 1.807) is 0 Å². The molecule has 2 fully saturated rings. The smallest absolute Gasteiger partial charge is 0.0145 e. The molecule has 2 saturated heterocycles. The van der Waals surface area contributed by atoms with E-state index in [4.69, 9.17) is 0 Å². The molecule has 2 heteroatoms. The molecule has 0 spiro atoms. The quantitative estimate of drug-likeness (QED) is 0.552. The van der Waals surface area contributed by atoms with E-state index in [2.05, 4.69) is 17.3 Å². The Balaban J connectivity index is 1.99. The number of nitrogens with zero attached hydrogens (tertiary/aromatic N) is 1. The van der Waals surface area contributed by atoms with Crippen molar-refractivity contribution < 1.29 is 0 Å². The molecule has 0 aromatic heterocycles. The van der Waals surface area contributed by atoms with Crippen LogP contribution in [0.1, 0.15) is 19.3 Å². The maximum Gasteiger partial charge on any atom is 0.0145 e. The summed E-state index contributed by atoms with van der Waals surface area (Å²) in [6.45, 7) is 3.81. The first kappa shape index (κ1) is 7.56. The van der Waals surface area contributed by atoms with Gasteiger partial charge in [0.15, 0.2) is 0 Å². The summed E-state index contributed by atoms with van der Waals surface area (Å²) in [6, 6.07) is 0.894. The molecule has 0 unspecified atom stereocenters. The third kappa shape index (κ3) is 1.42. The van der Waals surface area contributed by atoms with Gasteiger partial charge in [-0.25, -0.2) is 0 Å². The standard InChI is InChI=1S/C9H18N2/c1-11-6-2-3-8-7-10-5-4-9(8)11/h8-10H,2-7H2,1H3/t8-,9-/m0/s1. The fourth-order valence-corrected chi connectivity index (χ4v) is 2.55. The van der Waals surface area contributed by atoms with E-state index in [1.807, 2.05) is 0 Å². The van der Waals surface area contributed by atoms with Crippen LogP contribution in [-0.4, -0.2) is 37.6 Å². The molecule has 0 aromatic carbocycles. The fraction of sp³-hybridized carbons (Fsp3) is 1.00. The van der Waals surface area contributed by atoms with Gasteiger partial charge in [-0.3, -0.25) is 0 Å². The number of fused-ring (bicyclic) bond motifs is 1. The lowest BCUT2D eigenvalue weighted by molar-refractivity contribution is 0.0933. The topological polar surface area (TPSA) is 15.3 Å². The van der Waals surface area contributed by atoms with Crippen LogP contribution in [0, 0.1) is 5.92 Å². The minimum absolute atomic E-state index is 0.894. The fourth-order valence-electron chi connectivity index (χ4n) is 2.55. The molecule has 2 heterocycles. The van der Waals surface area contributed by atoms with Gasteiger partial charge in [0.05, 0.1) is 0 Å². The molecule has 2 nitrogen and oxygen atoms in total. The van der Waals surface area contributed by atoms with Crippen LogP contribution in [-0.2, 0) is 0 Å². The highest BCUT2D eigenvalue weighted by atomic mass is 15.2. The van der Waals surface area contributed by atoms with E-state index in [0.717, 1.165) is 12.0 Å². The summed E-state index contributed by atoms with van der Waals surface area (Å²) in [6.07, 6.45) is 4.21. The summed E-state index contributed by atoms with van der Waals surface area (Å²) in [4.78, 5) is 2.55. The lowest BCUT2D eigenvalue weighted by atomic mass is 9.85. The van der Waals surface area contributed by atoms with E-state index in [-0.39, 0.29) is 0 Å². The van der Waals surface area contributed by atoms with Crippen molar-refractivity contribution in [1.29, 1.82) is 0 Å². The zero-order valence-corrected chi connectivity index (χ0v) is 7.34. The van der Waals surface area contributed by atoms with Crippen LogP contribution in [0.5, 0.6) is 0 Å². The highest BCUT2D eigenvalue weighted by Gasteiger charge is 2.30. The Hall–Kier alpha value is -0.0800. The third-order valence-electron chi connectivity index (χ3n) is 3.22. The van der Waals surface area contributed by atoms with Crippen LogP contribution in [0.3, 0.4) is 0 Å². The van der Waals surface area contributed by atoms with Crippen LogP contribution in [0.25, 0.3) is 0 Å². The van der Waals surface area contributed by atoms with Gasteiger partial charge < -0.3 is 10.2 Å². The van der Waals surface area contributed by atoms with Gasteiger partial charge in [0.25, 0.3) is 0 Å². The van der Waals surface area contributed by atoms with Gasteiger partial charge >= 0.3 is 0 Å². The Labute approximate surface area is 69.0 Å². The molecule has 0 saturated carbocycles. The number of nitrogens with one attached hydrogen (secondary N) is 1. The Bertz CT molecular complexity index is 134. The average molecular weight is 154 g/mol. The first-order valence-corrected chi connectivity index (χ1v) is 4.79. The Morgan fingerprint density at radius 3 is 3.09 bits per heavy atom. The monoisotopic (exact) mass is 154 g/mol. The van der Waals surface area contributed by atoms with Gasteiger partial charge in [-0.2, -0.15) is 0 Å². The molecular weight excluding hydrogens is 136 g/mol. The van der Waals surface area contributed by atoms with Crippen LogP contribution in [0.15, 0.2) is 0 Å². The second kappa shape index (κ2) is 3.11. The summed E-state index contributed by atoms with van der Waals surface area (Å²) in [7, 11) is 2.28. The molecule has 64 valence electrons. The summed E-state index contributed by atoms with van der Waals surface area (Å²) in [5.41, 5.74) is 0. The van der Waals surface area contributed by atoms with Gasteiger partial charge in [0, 0.05) is 6.04 Å². The second-order valence-corrected chi connectivity index (χ2v) is 3.94. The van der Waals surface area contributed by atoms with Gasteiger partial charge in [-0.1, -0.05) is 0 Å². The van der Waals surface area contributed by atoms with Crippen LogP contribution >= 0.6 is 0 Å². The number of hydrogen-bond donors (Lipinski definition) is 1. The lowest BCUT2D eigenvalue weighted by Gasteiger charge is -2.42. The molecule has 0 aromatic rings. The van der Waals surface area contributed by atoms with Crippen molar-refractivity contribution >= 4 is 0 Å². The Kier molecular flexibility index (Phi) is 2.14. The maximum atomic E-state index is 3.48. The summed E-state index contributed by atoms with van der Waals surface area (Å²) in [5, 5.41) is 3.48. The first-order valence-electron chi connectivity index (χ1n) is 4.79. The van der Waals surface area contributed by atoms with E-state index < -0.39 is 0 Å². The highest BCUT2D eigenvalue weighted by molar-refractivity contribution is 4.87. The van der Waals surface area contributed by atoms with Crippen LogP contribution in [0.2, 0.25) is 0 Å². The van der Waals surface area contributed by atoms with Gasteiger partial charge in [-0.15, -0.1) is 0 Å². The van der Waals surface area contributed by atoms with Crippen molar-refractivity contribution in [3.63, 3.8) is 0 Å². The molecule has 1 N–H and O–H groups in total. The summed E-state index contributed by atoms with van der Waals surface area (Å²) in [5.74, 6) is 0.947. The third-order valence-corrected chi connectivity index (χ3v) is 3.22. The number of rotatable bonds is 0. The molecule has 0 amide bonds. The van der Waals surface area contributed by atoms with Crippen molar-refractivity contribution in [3.05, 3.63) is 0 Å². The zero-order valence-electron chi connectivity index (χ0n) is 7.34. The predicted octanol–water partition coefficient (Wildman–Crippen LogP) is 0.690. The first-order chi connectivity index (χ1) is 5.38. The molecular formula is C9H18N2. The van der Waals surface area contributed by atoms with Gasteiger partial charge in [-0.05, 0) is 51.9 Å². The van der Waals surface area contributed by atoms with Crippen molar-refractivity contribution in [2.45, 2.75) is 25.3 Å². The largest absolute Gasteiger partial charge is 0.316 e. The zero-order chi connectivity index (χ0) is 7.68. The van der Waals surface area contributed by atoms with Crippen molar-refractivity contribution in [2.75, 3.05) is 26.7 Å². The van der Waals surface area contributed by atoms with Crippen molar-refractivity contribution in [1.82, 2.24) is 10.2 Å². The minimum Gasteiger partial charge on any atom is -0.316 e. The van der Waals surface area contributed by atoms with Crippen LogP contribution < -0.4 is 5.32 Å². The molecule has 0 bridgehead atoms. The van der Waals surface area contributed by atoms with E-state index in [0.29, 0.717) is 0 Å². The van der Waals surface area contributed by atoms with E-state index in [9.17, 15) is 0 Å². The Morgan fingerprint density at radius 2 is 2.27 bits per heavy atom. The number of likely N-dealkylation sites (tertiary alicyclic amines) is 1. The Morgan fingerprint density at radius 1 is 1.36 bits per heavy atom. The highest BCUT2D eigenvalue weighted by Crippen LogP contribution is 2.25. The van der Waals surface area contributed by atoms with E-state index in [1.165, 1.54) is 38.9 Å².